The van der Waals surface area contributed by atoms with Crippen LogP contribution in [-0.2, 0) is 6.42 Å². The number of aromatic nitrogens is 2. The van der Waals surface area contributed by atoms with Crippen LogP contribution < -0.4 is 0 Å². The number of hydrogen-bond acceptors (Lipinski definition) is 3. The zero-order chi connectivity index (χ0) is 16.2. The molecule has 1 aromatic heterocycles. The van der Waals surface area contributed by atoms with Crippen LogP contribution in [0, 0.1) is 0 Å². The molecule has 0 aliphatic heterocycles. The Morgan fingerprint density at radius 3 is 2.57 bits per heavy atom. The lowest BCUT2D eigenvalue weighted by Crippen LogP contribution is -1.91. The largest absolute Gasteiger partial charge is 0.335 e. The topological polar surface area (TPSA) is 38.9 Å². The van der Waals surface area contributed by atoms with Gasteiger partial charge in [0.25, 0.3) is 5.89 Å². The van der Waals surface area contributed by atoms with Crippen LogP contribution in [0.3, 0.4) is 0 Å². The van der Waals surface area contributed by atoms with Crippen molar-refractivity contribution < 1.29 is 4.52 Å². The van der Waals surface area contributed by atoms with Crippen molar-refractivity contribution in [2.24, 2.45) is 0 Å². The second-order valence-electron chi connectivity index (χ2n) is 4.82. The number of rotatable bonds is 4. The van der Waals surface area contributed by atoms with E-state index in [9.17, 15) is 0 Å². The fourth-order valence-corrected chi connectivity index (χ4v) is 2.69. The fourth-order valence-electron chi connectivity index (χ4n) is 2.01. The molecule has 3 aromatic rings. The van der Waals surface area contributed by atoms with E-state index >= 15 is 0 Å². The van der Waals surface area contributed by atoms with Gasteiger partial charge in [-0.25, -0.2) is 0 Å². The minimum absolute atomic E-state index is 0.407. The number of hydrogen-bond donors (Lipinski definition) is 0. The van der Waals surface area contributed by atoms with Gasteiger partial charge in [-0.3, -0.25) is 0 Å². The fraction of sp³-hybridized carbons (Fsp3) is 0.0588. The first-order valence-corrected chi connectivity index (χ1v) is 7.94. The second-order valence-corrected chi connectivity index (χ2v) is 6.07. The standard InChI is InChI=1S/C17H11Cl3N2O/c18-13-7-5-12(15(20)10-13)9-16-21-17(23-22-16)8-6-11-3-1-2-4-14(11)19/h1-8,10H,9H2/b8-6+. The van der Waals surface area contributed by atoms with E-state index in [2.05, 4.69) is 10.1 Å². The molecule has 0 unspecified atom stereocenters. The average Bonchev–Trinajstić information content (AvgIpc) is 2.97. The Hall–Kier alpha value is -1.81. The monoisotopic (exact) mass is 364 g/mol. The highest BCUT2D eigenvalue weighted by Crippen LogP contribution is 2.23. The highest BCUT2D eigenvalue weighted by Gasteiger charge is 2.08. The van der Waals surface area contributed by atoms with Gasteiger partial charge in [0.05, 0.1) is 0 Å². The lowest BCUT2D eigenvalue weighted by Gasteiger charge is -2.00. The predicted octanol–water partition coefficient (Wildman–Crippen LogP) is 5.79. The molecule has 0 fully saturated rings. The number of benzene rings is 2. The molecular weight excluding hydrogens is 355 g/mol. The van der Waals surface area contributed by atoms with Gasteiger partial charge in [-0.1, -0.05) is 64.2 Å². The van der Waals surface area contributed by atoms with E-state index in [-0.39, 0.29) is 0 Å². The van der Waals surface area contributed by atoms with Gasteiger partial charge in [-0.2, -0.15) is 4.98 Å². The normalized spacial score (nSPS) is 11.3. The van der Waals surface area contributed by atoms with Crippen LogP contribution in [0.25, 0.3) is 12.2 Å². The average molecular weight is 366 g/mol. The summed E-state index contributed by atoms with van der Waals surface area (Å²) in [6.45, 7) is 0. The Morgan fingerprint density at radius 2 is 1.78 bits per heavy atom. The minimum atomic E-state index is 0.407. The van der Waals surface area contributed by atoms with Crippen LogP contribution in [0.2, 0.25) is 15.1 Å². The molecule has 6 heteroatoms. The summed E-state index contributed by atoms with van der Waals surface area (Å²) in [4.78, 5) is 4.31. The van der Waals surface area contributed by atoms with Crippen LogP contribution in [0.5, 0.6) is 0 Å². The Labute approximate surface area is 148 Å². The van der Waals surface area contributed by atoms with Gasteiger partial charge >= 0.3 is 0 Å². The third kappa shape index (κ3) is 4.14. The van der Waals surface area contributed by atoms with Crippen molar-refractivity contribution in [3.8, 4) is 0 Å². The first kappa shape index (κ1) is 16.1. The molecule has 0 atom stereocenters. The van der Waals surface area contributed by atoms with Crippen molar-refractivity contribution in [3.05, 3.63) is 80.4 Å². The van der Waals surface area contributed by atoms with Crippen molar-refractivity contribution in [3.63, 3.8) is 0 Å². The van der Waals surface area contributed by atoms with Crippen molar-refractivity contribution in [1.82, 2.24) is 10.1 Å². The zero-order valence-corrected chi connectivity index (χ0v) is 14.1. The summed E-state index contributed by atoms with van der Waals surface area (Å²) in [7, 11) is 0. The summed E-state index contributed by atoms with van der Waals surface area (Å²) in [5.74, 6) is 0.957. The molecule has 1 heterocycles. The molecule has 0 aliphatic rings. The SMILES string of the molecule is Clc1ccc(Cc2noc(/C=C/c3ccccc3Cl)n2)c(Cl)c1. The molecule has 0 radical (unpaired) electrons. The smallest absolute Gasteiger partial charge is 0.250 e. The van der Waals surface area contributed by atoms with Gasteiger partial charge in [0.1, 0.15) is 0 Å². The summed E-state index contributed by atoms with van der Waals surface area (Å²) in [6, 6.07) is 12.8. The molecule has 0 saturated heterocycles. The Morgan fingerprint density at radius 1 is 0.957 bits per heavy atom. The summed E-state index contributed by atoms with van der Waals surface area (Å²) in [5, 5.41) is 5.78. The van der Waals surface area contributed by atoms with Crippen LogP contribution >= 0.6 is 34.8 Å². The molecule has 2 aromatic carbocycles. The van der Waals surface area contributed by atoms with E-state index in [0.29, 0.717) is 33.2 Å². The first-order valence-electron chi connectivity index (χ1n) is 6.81. The highest BCUT2D eigenvalue weighted by atomic mass is 35.5. The Bertz CT molecular complexity index is 859. The van der Waals surface area contributed by atoms with Gasteiger partial charge in [-0.05, 0) is 35.4 Å². The van der Waals surface area contributed by atoms with Crippen LogP contribution in [0.1, 0.15) is 22.8 Å². The van der Waals surface area contributed by atoms with E-state index < -0.39 is 0 Å². The van der Waals surface area contributed by atoms with E-state index in [0.717, 1.165) is 11.1 Å². The van der Waals surface area contributed by atoms with E-state index in [1.807, 2.05) is 36.4 Å². The zero-order valence-electron chi connectivity index (χ0n) is 11.8. The maximum atomic E-state index is 6.15. The number of halogens is 3. The predicted molar refractivity (Wildman–Crippen MR) is 93.9 cm³/mol. The quantitative estimate of drug-likeness (QED) is 0.587. The van der Waals surface area contributed by atoms with Gasteiger partial charge in [-0.15, -0.1) is 0 Å². The van der Waals surface area contributed by atoms with Gasteiger partial charge in [0, 0.05) is 27.6 Å². The third-order valence-corrected chi connectivity index (χ3v) is 4.09. The lowest BCUT2D eigenvalue weighted by atomic mass is 10.1. The first-order chi connectivity index (χ1) is 11.1. The number of nitrogens with zero attached hydrogens (tertiary/aromatic N) is 2. The van der Waals surface area contributed by atoms with Crippen molar-refractivity contribution in [1.29, 1.82) is 0 Å². The van der Waals surface area contributed by atoms with Crippen LogP contribution in [0.4, 0.5) is 0 Å². The van der Waals surface area contributed by atoms with Gasteiger partial charge < -0.3 is 4.52 Å². The molecule has 0 saturated carbocycles. The van der Waals surface area contributed by atoms with E-state index in [1.54, 1.807) is 18.2 Å². The molecule has 0 aliphatic carbocycles. The molecular formula is C17H11Cl3N2O. The molecule has 0 N–H and O–H groups in total. The molecule has 23 heavy (non-hydrogen) atoms. The van der Waals surface area contributed by atoms with Crippen molar-refractivity contribution in [2.45, 2.75) is 6.42 Å². The lowest BCUT2D eigenvalue weighted by molar-refractivity contribution is 0.404. The minimum Gasteiger partial charge on any atom is -0.335 e. The molecule has 0 bridgehead atoms. The molecule has 0 spiro atoms. The van der Waals surface area contributed by atoms with Gasteiger partial charge in [0.15, 0.2) is 5.82 Å². The molecule has 3 rings (SSSR count). The molecule has 0 amide bonds. The third-order valence-electron chi connectivity index (χ3n) is 3.16. The second kappa shape index (κ2) is 7.18. The van der Waals surface area contributed by atoms with Crippen molar-refractivity contribution >= 4 is 47.0 Å². The highest BCUT2D eigenvalue weighted by molar-refractivity contribution is 6.35. The van der Waals surface area contributed by atoms with Crippen LogP contribution in [-0.4, -0.2) is 10.1 Å². The maximum Gasteiger partial charge on any atom is 0.250 e. The summed E-state index contributed by atoms with van der Waals surface area (Å²) < 4.78 is 5.20. The van der Waals surface area contributed by atoms with E-state index in [1.165, 1.54) is 0 Å². The van der Waals surface area contributed by atoms with E-state index in [4.69, 9.17) is 39.3 Å². The summed E-state index contributed by atoms with van der Waals surface area (Å²) >= 11 is 18.1. The Kier molecular flexibility index (Phi) is 5.01. The van der Waals surface area contributed by atoms with Gasteiger partial charge in [0.2, 0.25) is 0 Å². The van der Waals surface area contributed by atoms with Crippen molar-refractivity contribution in [2.75, 3.05) is 0 Å². The molecule has 116 valence electrons. The molecule has 3 nitrogen and oxygen atoms in total. The maximum absolute atomic E-state index is 6.15. The Balaban J connectivity index is 1.74. The summed E-state index contributed by atoms with van der Waals surface area (Å²) in [5.41, 5.74) is 1.77. The van der Waals surface area contributed by atoms with Crippen LogP contribution in [0.15, 0.2) is 47.0 Å². The summed E-state index contributed by atoms with van der Waals surface area (Å²) in [6.07, 6.45) is 4.02.